The van der Waals surface area contributed by atoms with E-state index in [1.807, 2.05) is 18.3 Å². The van der Waals surface area contributed by atoms with Gasteiger partial charge >= 0.3 is 0 Å². The highest BCUT2D eigenvalue weighted by atomic mass is 16.7. The number of fused-ring (bicyclic) bond motifs is 2. The fourth-order valence-electron chi connectivity index (χ4n) is 1.76. The van der Waals surface area contributed by atoms with Crippen molar-refractivity contribution in [1.29, 1.82) is 0 Å². The summed E-state index contributed by atoms with van der Waals surface area (Å²) in [5.74, 6) is 1.61. The van der Waals surface area contributed by atoms with Gasteiger partial charge in [0.05, 0.1) is 5.52 Å². The summed E-state index contributed by atoms with van der Waals surface area (Å²) in [5, 5.41) is 1.11. The van der Waals surface area contributed by atoms with Crippen LogP contribution in [0.2, 0.25) is 0 Å². The molecule has 3 nitrogen and oxygen atoms in total. The van der Waals surface area contributed by atoms with Gasteiger partial charge in [-0.05, 0) is 24.1 Å². The van der Waals surface area contributed by atoms with Crippen molar-refractivity contribution in [3.63, 3.8) is 0 Å². The number of nitrogens with zero attached hydrogens (tertiary/aromatic N) is 1. The molecule has 0 saturated heterocycles. The summed E-state index contributed by atoms with van der Waals surface area (Å²) in [6.07, 6.45) is 2.90. The minimum absolute atomic E-state index is 0.312. The highest BCUT2D eigenvalue weighted by Gasteiger charge is 2.14. The maximum Gasteiger partial charge on any atom is 0.231 e. The molecule has 0 unspecified atom stereocenters. The first-order valence-electron chi connectivity index (χ1n) is 5.05. The van der Waals surface area contributed by atoms with E-state index in [1.165, 1.54) is 5.56 Å². The van der Waals surface area contributed by atoms with Gasteiger partial charge in [-0.25, -0.2) is 0 Å². The van der Waals surface area contributed by atoms with Crippen molar-refractivity contribution in [2.24, 2.45) is 0 Å². The van der Waals surface area contributed by atoms with Crippen LogP contribution in [0.15, 0.2) is 24.4 Å². The molecule has 0 atom stereocenters. The predicted molar refractivity (Wildman–Crippen MR) is 57.2 cm³/mol. The zero-order chi connectivity index (χ0) is 10.3. The van der Waals surface area contributed by atoms with Crippen LogP contribution in [-0.2, 0) is 6.42 Å². The van der Waals surface area contributed by atoms with Gasteiger partial charge in [0.1, 0.15) is 0 Å². The smallest absolute Gasteiger partial charge is 0.231 e. The second kappa shape index (κ2) is 3.12. The maximum absolute atomic E-state index is 5.33. The molecule has 2 aromatic rings. The molecular formula is C12H11NO2. The average Bonchev–Trinajstić information content (AvgIpc) is 2.72. The van der Waals surface area contributed by atoms with Gasteiger partial charge in [-0.3, -0.25) is 4.98 Å². The first-order chi connectivity index (χ1) is 7.36. The van der Waals surface area contributed by atoms with Gasteiger partial charge in [-0.1, -0.05) is 6.92 Å². The number of aromatic nitrogens is 1. The maximum atomic E-state index is 5.33. The summed E-state index contributed by atoms with van der Waals surface area (Å²) in [6, 6.07) is 6.06. The lowest BCUT2D eigenvalue weighted by Gasteiger charge is -2.02. The van der Waals surface area contributed by atoms with Crippen molar-refractivity contribution in [2.75, 3.05) is 6.79 Å². The quantitative estimate of drug-likeness (QED) is 0.710. The Morgan fingerprint density at radius 3 is 2.80 bits per heavy atom. The van der Waals surface area contributed by atoms with Crippen LogP contribution in [0, 0.1) is 0 Å². The summed E-state index contributed by atoms with van der Waals surface area (Å²) in [6.45, 7) is 2.43. The van der Waals surface area contributed by atoms with Crippen LogP contribution >= 0.6 is 0 Å². The minimum atomic E-state index is 0.312. The van der Waals surface area contributed by atoms with E-state index in [9.17, 15) is 0 Å². The lowest BCUT2D eigenvalue weighted by atomic mass is 10.1. The number of benzene rings is 1. The van der Waals surface area contributed by atoms with Crippen molar-refractivity contribution in [3.8, 4) is 11.5 Å². The second-order valence-corrected chi connectivity index (χ2v) is 3.60. The topological polar surface area (TPSA) is 31.4 Å². The molecule has 1 aromatic heterocycles. The van der Waals surface area contributed by atoms with E-state index < -0.39 is 0 Å². The highest BCUT2D eigenvalue weighted by molar-refractivity contribution is 5.83. The van der Waals surface area contributed by atoms with Gasteiger partial charge in [-0.15, -0.1) is 0 Å². The molecule has 0 N–H and O–H groups in total. The van der Waals surface area contributed by atoms with Crippen molar-refractivity contribution in [2.45, 2.75) is 13.3 Å². The fraction of sp³-hybridized carbons (Fsp3) is 0.250. The molecule has 3 rings (SSSR count). The number of aryl methyl sites for hydroxylation is 1. The normalized spacial score (nSPS) is 13.4. The van der Waals surface area contributed by atoms with Crippen LogP contribution in [0.5, 0.6) is 11.5 Å². The number of hydrogen-bond donors (Lipinski definition) is 0. The van der Waals surface area contributed by atoms with E-state index in [1.54, 1.807) is 0 Å². The monoisotopic (exact) mass is 201 g/mol. The van der Waals surface area contributed by atoms with Gasteiger partial charge in [0.25, 0.3) is 0 Å². The lowest BCUT2D eigenvalue weighted by Crippen LogP contribution is -1.92. The zero-order valence-electron chi connectivity index (χ0n) is 8.49. The van der Waals surface area contributed by atoms with E-state index >= 15 is 0 Å². The van der Waals surface area contributed by atoms with Crippen molar-refractivity contribution < 1.29 is 9.47 Å². The van der Waals surface area contributed by atoms with E-state index in [0.717, 1.165) is 28.8 Å². The van der Waals surface area contributed by atoms with Crippen molar-refractivity contribution in [3.05, 3.63) is 30.0 Å². The number of ether oxygens (including phenoxy) is 2. The molecule has 0 aliphatic carbocycles. The van der Waals surface area contributed by atoms with Crippen LogP contribution in [0.3, 0.4) is 0 Å². The van der Waals surface area contributed by atoms with Crippen molar-refractivity contribution in [1.82, 2.24) is 4.98 Å². The standard InChI is InChI=1S/C12H11NO2/c1-2-8-3-9-4-11-12(15-7-14-11)5-10(9)13-6-8/h3-6H,2,7H2,1H3. The third-order valence-electron chi connectivity index (χ3n) is 2.64. The van der Waals surface area contributed by atoms with Crippen LogP contribution in [0.1, 0.15) is 12.5 Å². The third kappa shape index (κ3) is 1.31. The molecule has 0 bridgehead atoms. The molecule has 3 heteroatoms. The van der Waals surface area contributed by atoms with Gasteiger partial charge in [0, 0.05) is 17.6 Å². The Morgan fingerprint density at radius 1 is 1.20 bits per heavy atom. The number of hydrogen-bond acceptors (Lipinski definition) is 3. The van der Waals surface area contributed by atoms with Gasteiger partial charge < -0.3 is 9.47 Å². The van der Waals surface area contributed by atoms with E-state index in [0.29, 0.717) is 6.79 Å². The molecule has 1 aliphatic heterocycles. The highest BCUT2D eigenvalue weighted by Crippen LogP contribution is 2.35. The fourth-order valence-corrected chi connectivity index (χ4v) is 1.76. The lowest BCUT2D eigenvalue weighted by molar-refractivity contribution is 0.174. The Labute approximate surface area is 87.6 Å². The molecule has 2 heterocycles. The molecule has 0 spiro atoms. The first kappa shape index (κ1) is 8.53. The summed E-state index contributed by atoms with van der Waals surface area (Å²) in [5.41, 5.74) is 2.19. The van der Waals surface area contributed by atoms with Gasteiger partial charge in [0.15, 0.2) is 11.5 Å². The third-order valence-corrected chi connectivity index (χ3v) is 2.64. The number of pyridine rings is 1. The van der Waals surface area contributed by atoms with Crippen LogP contribution in [0.25, 0.3) is 10.9 Å². The predicted octanol–water partition coefficient (Wildman–Crippen LogP) is 2.53. The summed E-state index contributed by atoms with van der Waals surface area (Å²) >= 11 is 0. The Balaban J connectivity index is 2.24. The van der Waals surface area contributed by atoms with Gasteiger partial charge in [0.2, 0.25) is 6.79 Å². The Bertz CT molecular complexity index is 522. The molecular weight excluding hydrogens is 190 g/mol. The summed E-state index contributed by atoms with van der Waals surface area (Å²) < 4.78 is 10.6. The largest absolute Gasteiger partial charge is 0.454 e. The van der Waals surface area contributed by atoms with E-state index in [2.05, 4.69) is 18.0 Å². The summed E-state index contributed by atoms with van der Waals surface area (Å²) in [4.78, 5) is 4.39. The van der Waals surface area contributed by atoms with Crippen LogP contribution in [-0.4, -0.2) is 11.8 Å². The molecule has 0 saturated carbocycles. The first-order valence-corrected chi connectivity index (χ1v) is 5.05. The Hall–Kier alpha value is -1.77. The Kier molecular flexibility index (Phi) is 1.78. The molecule has 1 aromatic carbocycles. The van der Waals surface area contributed by atoms with Crippen LogP contribution < -0.4 is 9.47 Å². The van der Waals surface area contributed by atoms with Crippen molar-refractivity contribution >= 4 is 10.9 Å². The van der Waals surface area contributed by atoms with E-state index in [4.69, 9.17) is 9.47 Å². The molecule has 0 amide bonds. The second-order valence-electron chi connectivity index (χ2n) is 3.60. The minimum Gasteiger partial charge on any atom is -0.454 e. The molecule has 1 aliphatic rings. The zero-order valence-corrected chi connectivity index (χ0v) is 8.49. The number of rotatable bonds is 1. The molecule has 76 valence electrons. The average molecular weight is 201 g/mol. The van der Waals surface area contributed by atoms with E-state index in [-0.39, 0.29) is 0 Å². The van der Waals surface area contributed by atoms with Gasteiger partial charge in [-0.2, -0.15) is 0 Å². The van der Waals surface area contributed by atoms with Crippen LogP contribution in [0.4, 0.5) is 0 Å². The molecule has 15 heavy (non-hydrogen) atoms. The molecule has 0 fully saturated rings. The SMILES string of the molecule is CCc1cnc2cc3c(cc2c1)OCO3. The summed E-state index contributed by atoms with van der Waals surface area (Å²) in [7, 11) is 0. The molecule has 0 radical (unpaired) electrons. The Morgan fingerprint density at radius 2 is 2.00 bits per heavy atom.